The molecule has 5 heteroatoms. The Morgan fingerprint density at radius 1 is 1.53 bits per heavy atom. The molecule has 1 amide bonds. The lowest BCUT2D eigenvalue weighted by molar-refractivity contribution is -0.120. The molecule has 0 atom stereocenters. The molecular formula is C12H20N4O. The van der Waals surface area contributed by atoms with Crippen molar-refractivity contribution in [2.24, 2.45) is 7.05 Å². The van der Waals surface area contributed by atoms with Crippen molar-refractivity contribution in [2.45, 2.75) is 31.7 Å². The van der Waals surface area contributed by atoms with Crippen molar-refractivity contribution in [1.29, 1.82) is 0 Å². The van der Waals surface area contributed by atoms with Crippen LogP contribution in [0.4, 0.5) is 0 Å². The first kappa shape index (κ1) is 12.1. The number of aryl methyl sites for hydroxylation is 1. The van der Waals surface area contributed by atoms with Gasteiger partial charge in [0.1, 0.15) is 0 Å². The number of aromatic nitrogens is 2. The largest absolute Gasteiger partial charge is 0.356 e. The zero-order valence-electron chi connectivity index (χ0n) is 10.3. The number of carbonyl (C=O) groups excluding carboxylic acids is 1. The maximum absolute atomic E-state index is 11.5. The average molecular weight is 236 g/mol. The molecule has 0 radical (unpaired) electrons. The van der Waals surface area contributed by atoms with Gasteiger partial charge in [-0.15, -0.1) is 0 Å². The van der Waals surface area contributed by atoms with Crippen LogP contribution in [0, 0.1) is 0 Å². The zero-order valence-corrected chi connectivity index (χ0v) is 10.3. The van der Waals surface area contributed by atoms with Gasteiger partial charge in [-0.05, 0) is 24.8 Å². The van der Waals surface area contributed by atoms with Crippen molar-refractivity contribution in [1.82, 2.24) is 20.4 Å². The van der Waals surface area contributed by atoms with Gasteiger partial charge < -0.3 is 10.6 Å². The van der Waals surface area contributed by atoms with Crippen LogP contribution in [0.15, 0.2) is 12.4 Å². The van der Waals surface area contributed by atoms with Gasteiger partial charge in [-0.25, -0.2) is 0 Å². The van der Waals surface area contributed by atoms with Crippen molar-refractivity contribution in [2.75, 3.05) is 13.1 Å². The molecule has 0 aromatic carbocycles. The van der Waals surface area contributed by atoms with Crippen LogP contribution in [0.25, 0.3) is 0 Å². The first-order valence-corrected chi connectivity index (χ1v) is 6.21. The maximum Gasteiger partial charge on any atom is 0.221 e. The molecule has 0 bridgehead atoms. The van der Waals surface area contributed by atoms with Gasteiger partial charge in [0.05, 0.1) is 6.20 Å². The number of nitrogens with one attached hydrogen (secondary N) is 2. The minimum absolute atomic E-state index is 0.127. The number of amides is 1. The summed E-state index contributed by atoms with van der Waals surface area (Å²) in [5, 5.41) is 10.3. The van der Waals surface area contributed by atoms with E-state index in [0.717, 1.165) is 18.5 Å². The SMILES string of the molecule is Cn1cc(CCNC(=O)CCNC2CC2)cn1. The monoisotopic (exact) mass is 236 g/mol. The Bertz CT molecular complexity index is 370. The lowest BCUT2D eigenvalue weighted by Gasteiger charge is -2.04. The van der Waals surface area contributed by atoms with Crippen molar-refractivity contribution in [3.63, 3.8) is 0 Å². The van der Waals surface area contributed by atoms with Gasteiger partial charge in [0.15, 0.2) is 0 Å². The first-order valence-electron chi connectivity index (χ1n) is 6.21. The van der Waals surface area contributed by atoms with Crippen LogP contribution in [0.3, 0.4) is 0 Å². The summed E-state index contributed by atoms with van der Waals surface area (Å²) in [7, 11) is 1.89. The Morgan fingerprint density at radius 3 is 3.00 bits per heavy atom. The van der Waals surface area contributed by atoms with E-state index in [-0.39, 0.29) is 5.91 Å². The predicted octanol–water partition coefficient (Wildman–Crippen LogP) is 0.221. The van der Waals surface area contributed by atoms with Crippen molar-refractivity contribution < 1.29 is 4.79 Å². The van der Waals surface area contributed by atoms with E-state index in [4.69, 9.17) is 0 Å². The molecule has 1 aromatic rings. The smallest absolute Gasteiger partial charge is 0.221 e. The average Bonchev–Trinajstić information content (AvgIpc) is 3.02. The predicted molar refractivity (Wildman–Crippen MR) is 65.6 cm³/mol. The molecule has 0 unspecified atom stereocenters. The Kier molecular flexibility index (Phi) is 4.14. The normalized spacial score (nSPS) is 14.9. The van der Waals surface area contributed by atoms with Crippen LogP contribution in [-0.2, 0) is 18.3 Å². The molecule has 94 valence electrons. The maximum atomic E-state index is 11.5. The second-order valence-electron chi connectivity index (χ2n) is 4.60. The molecule has 17 heavy (non-hydrogen) atoms. The summed E-state index contributed by atoms with van der Waals surface area (Å²) in [6.07, 6.45) is 7.76. The molecular weight excluding hydrogens is 216 g/mol. The molecule has 1 aliphatic rings. The van der Waals surface area contributed by atoms with Crippen LogP contribution in [-0.4, -0.2) is 34.8 Å². The fraction of sp³-hybridized carbons (Fsp3) is 0.667. The van der Waals surface area contributed by atoms with Gasteiger partial charge in [-0.1, -0.05) is 0 Å². The van der Waals surface area contributed by atoms with E-state index >= 15 is 0 Å². The molecule has 1 saturated carbocycles. The molecule has 0 spiro atoms. The van der Waals surface area contributed by atoms with E-state index in [1.54, 1.807) is 4.68 Å². The third-order valence-electron chi connectivity index (χ3n) is 2.86. The lowest BCUT2D eigenvalue weighted by atomic mass is 10.2. The van der Waals surface area contributed by atoms with Crippen LogP contribution in [0.2, 0.25) is 0 Å². The molecule has 5 nitrogen and oxygen atoms in total. The highest BCUT2D eigenvalue weighted by atomic mass is 16.1. The van der Waals surface area contributed by atoms with Gasteiger partial charge >= 0.3 is 0 Å². The summed E-state index contributed by atoms with van der Waals surface area (Å²) in [5.41, 5.74) is 1.16. The summed E-state index contributed by atoms with van der Waals surface area (Å²) < 4.78 is 1.77. The Morgan fingerprint density at radius 2 is 2.35 bits per heavy atom. The summed E-state index contributed by atoms with van der Waals surface area (Å²) in [4.78, 5) is 11.5. The molecule has 1 fully saturated rings. The summed E-state index contributed by atoms with van der Waals surface area (Å²) in [6, 6.07) is 0.679. The molecule has 0 aliphatic heterocycles. The van der Waals surface area contributed by atoms with Crippen LogP contribution < -0.4 is 10.6 Å². The van der Waals surface area contributed by atoms with Crippen LogP contribution >= 0.6 is 0 Å². The fourth-order valence-corrected chi connectivity index (χ4v) is 1.71. The second kappa shape index (κ2) is 5.82. The molecule has 2 rings (SSSR count). The molecule has 1 aliphatic carbocycles. The second-order valence-corrected chi connectivity index (χ2v) is 4.60. The third kappa shape index (κ3) is 4.56. The van der Waals surface area contributed by atoms with Crippen LogP contribution in [0.1, 0.15) is 24.8 Å². The lowest BCUT2D eigenvalue weighted by Crippen LogP contribution is -2.29. The Labute approximate surface area is 102 Å². The van der Waals surface area contributed by atoms with E-state index in [1.165, 1.54) is 12.8 Å². The Balaban J connectivity index is 1.53. The molecule has 0 saturated heterocycles. The molecule has 2 N–H and O–H groups in total. The number of hydrogen-bond donors (Lipinski definition) is 2. The summed E-state index contributed by atoms with van der Waals surface area (Å²) >= 11 is 0. The minimum atomic E-state index is 0.127. The Hall–Kier alpha value is -1.36. The van der Waals surface area contributed by atoms with Gasteiger partial charge in [0.2, 0.25) is 5.91 Å². The minimum Gasteiger partial charge on any atom is -0.356 e. The topological polar surface area (TPSA) is 59.0 Å². The van der Waals surface area contributed by atoms with Crippen molar-refractivity contribution in [3.05, 3.63) is 18.0 Å². The van der Waals surface area contributed by atoms with Crippen molar-refractivity contribution in [3.8, 4) is 0 Å². The highest BCUT2D eigenvalue weighted by molar-refractivity contribution is 5.76. The highest BCUT2D eigenvalue weighted by Crippen LogP contribution is 2.18. The standard InChI is InChI=1S/C12H20N4O/c1-16-9-10(8-15-16)4-6-14-12(17)5-7-13-11-2-3-11/h8-9,11,13H,2-7H2,1H3,(H,14,17). The number of carbonyl (C=O) groups is 1. The highest BCUT2D eigenvalue weighted by Gasteiger charge is 2.19. The number of hydrogen-bond acceptors (Lipinski definition) is 3. The first-order chi connectivity index (χ1) is 8.24. The number of rotatable bonds is 7. The number of nitrogens with zero attached hydrogens (tertiary/aromatic N) is 2. The third-order valence-corrected chi connectivity index (χ3v) is 2.86. The van der Waals surface area contributed by atoms with E-state index in [9.17, 15) is 4.79 Å². The fourth-order valence-electron chi connectivity index (χ4n) is 1.71. The van der Waals surface area contributed by atoms with E-state index in [1.807, 2.05) is 19.4 Å². The van der Waals surface area contributed by atoms with Crippen molar-refractivity contribution >= 4 is 5.91 Å². The molecule has 1 aromatic heterocycles. The summed E-state index contributed by atoms with van der Waals surface area (Å²) in [5.74, 6) is 0.127. The molecule has 1 heterocycles. The van der Waals surface area contributed by atoms with Gasteiger partial charge in [-0.3, -0.25) is 9.48 Å². The van der Waals surface area contributed by atoms with Gasteiger partial charge in [0.25, 0.3) is 0 Å². The van der Waals surface area contributed by atoms with E-state index < -0.39 is 0 Å². The van der Waals surface area contributed by atoms with Crippen LogP contribution in [0.5, 0.6) is 0 Å². The van der Waals surface area contributed by atoms with E-state index in [2.05, 4.69) is 15.7 Å². The zero-order chi connectivity index (χ0) is 12.1. The summed E-state index contributed by atoms with van der Waals surface area (Å²) in [6.45, 7) is 1.48. The van der Waals surface area contributed by atoms with Gasteiger partial charge in [-0.2, -0.15) is 5.10 Å². The van der Waals surface area contributed by atoms with E-state index in [0.29, 0.717) is 19.0 Å². The quantitative estimate of drug-likeness (QED) is 0.712. The van der Waals surface area contributed by atoms with Gasteiger partial charge in [0, 0.05) is 38.8 Å².